The summed E-state index contributed by atoms with van der Waals surface area (Å²) in [6, 6.07) is 8.21. The van der Waals surface area contributed by atoms with Crippen molar-refractivity contribution in [1.29, 1.82) is 0 Å². The van der Waals surface area contributed by atoms with Crippen LogP contribution >= 0.6 is 24.0 Å². The summed E-state index contributed by atoms with van der Waals surface area (Å²) in [5, 5.41) is 4.69. The number of benzene rings is 1. The van der Waals surface area contributed by atoms with E-state index in [0.717, 1.165) is 49.4 Å². The van der Waals surface area contributed by atoms with Gasteiger partial charge in [-0.15, -0.1) is 24.0 Å². The minimum absolute atomic E-state index is 0. The fourth-order valence-corrected chi connectivity index (χ4v) is 3.91. The van der Waals surface area contributed by atoms with Crippen LogP contribution in [0.1, 0.15) is 31.6 Å². The first-order valence-electron chi connectivity index (χ1n) is 9.81. The van der Waals surface area contributed by atoms with Crippen molar-refractivity contribution in [2.45, 2.75) is 33.7 Å². The van der Waals surface area contributed by atoms with Gasteiger partial charge in [0, 0.05) is 37.6 Å². The Labute approximate surface area is 180 Å². The third-order valence-electron chi connectivity index (χ3n) is 5.56. The van der Waals surface area contributed by atoms with E-state index in [1.807, 2.05) is 19.2 Å². The van der Waals surface area contributed by atoms with E-state index in [0.29, 0.717) is 6.54 Å². The zero-order chi connectivity index (χ0) is 18.5. The number of rotatable bonds is 6. The predicted octanol–water partition coefficient (Wildman–Crippen LogP) is 4.10. The van der Waals surface area contributed by atoms with E-state index >= 15 is 0 Å². The summed E-state index contributed by atoms with van der Waals surface area (Å²) >= 11 is 0. The third-order valence-corrected chi connectivity index (χ3v) is 5.56. The van der Waals surface area contributed by atoms with E-state index in [9.17, 15) is 0 Å². The van der Waals surface area contributed by atoms with E-state index in [4.69, 9.17) is 4.42 Å². The van der Waals surface area contributed by atoms with Crippen LogP contribution < -0.4 is 5.32 Å². The van der Waals surface area contributed by atoms with Crippen LogP contribution in [-0.2, 0) is 6.54 Å². The molecule has 2 aromatic rings. The van der Waals surface area contributed by atoms with Gasteiger partial charge in [0.25, 0.3) is 0 Å². The molecule has 5 nitrogen and oxygen atoms in total. The maximum absolute atomic E-state index is 6.02. The molecule has 1 saturated heterocycles. The molecule has 0 saturated carbocycles. The Morgan fingerprint density at radius 2 is 2.04 bits per heavy atom. The summed E-state index contributed by atoms with van der Waals surface area (Å²) in [6.45, 7) is 12.9. The van der Waals surface area contributed by atoms with Crippen molar-refractivity contribution in [3.05, 3.63) is 35.6 Å². The van der Waals surface area contributed by atoms with Gasteiger partial charge in [-0.1, -0.05) is 32.0 Å². The van der Waals surface area contributed by atoms with E-state index in [2.05, 4.69) is 53.0 Å². The number of guanidine groups is 1. The van der Waals surface area contributed by atoms with Crippen molar-refractivity contribution in [3.63, 3.8) is 0 Å². The Kier molecular flexibility index (Phi) is 8.41. The molecule has 0 spiro atoms. The molecule has 1 unspecified atom stereocenters. The molecule has 27 heavy (non-hydrogen) atoms. The quantitative estimate of drug-likeness (QED) is 0.381. The minimum atomic E-state index is 0. The van der Waals surface area contributed by atoms with Gasteiger partial charge in [-0.2, -0.15) is 0 Å². The Bertz CT molecular complexity index is 754. The average Bonchev–Trinajstić information content (AvgIpc) is 3.25. The van der Waals surface area contributed by atoms with Gasteiger partial charge in [-0.3, -0.25) is 4.99 Å². The summed E-state index contributed by atoms with van der Waals surface area (Å²) < 4.78 is 6.02. The molecular weight excluding hydrogens is 451 g/mol. The van der Waals surface area contributed by atoms with Crippen molar-refractivity contribution in [3.8, 4) is 0 Å². The number of hydrogen-bond acceptors (Lipinski definition) is 3. The lowest BCUT2D eigenvalue weighted by Crippen LogP contribution is -2.40. The third kappa shape index (κ3) is 5.16. The summed E-state index contributed by atoms with van der Waals surface area (Å²) in [5.74, 6) is 2.69. The molecule has 2 heterocycles. The maximum atomic E-state index is 6.02. The van der Waals surface area contributed by atoms with Crippen molar-refractivity contribution in [2.75, 3.05) is 39.8 Å². The number of aliphatic imine (C=N–C) groups is 1. The monoisotopic (exact) mass is 484 g/mol. The molecule has 1 atom stereocenters. The van der Waals surface area contributed by atoms with Gasteiger partial charge in [0.15, 0.2) is 5.96 Å². The van der Waals surface area contributed by atoms with Crippen molar-refractivity contribution < 1.29 is 4.42 Å². The average molecular weight is 484 g/mol. The van der Waals surface area contributed by atoms with Crippen LogP contribution in [0, 0.1) is 12.8 Å². The van der Waals surface area contributed by atoms with Gasteiger partial charge in [-0.25, -0.2) is 0 Å². The molecule has 150 valence electrons. The number of aryl methyl sites for hydroxylation is 1. The Balaban J connectivity index is 0.00000261. The number of nitrogens with zero attached hydrogens (tertiary/aromatic N) is 3. The van der Waals surface area contributed by atoms with Crippen LogP contribution in [0.15, 0.2) is 33.7 Å². The second-order valence-corrected chi connectivity index (χ2v) is 7.13. The Morgan fingerprint density at radius 3 is 2.70 bits per heavy atom. The number of fused-ring (bicyclic) bond motifs is 1. The molecule has 0 radical (unpaired) electrons. The fraction of sp³-hybridized carbons (Fsp3) is 0.571. The molecule has 0 amide bonds. The zero-order valence-corrected chi connectivity index (χ0v) is 19.3. The van der Waals surface area contributed by atoms with E-state index in [1.54, 1.807) is 0 Å². The van der Waals surface area contributed by atoms with Crippen molar-refractivity contribution >= 4 is 40.9 Å². The van der Waals surface area contributed by atoms with Gasteiger partial charge in [0.05, 0.1) is 6.54 Å². The van der Waals surface area contributed by atoms with Crippen molar-refractivity contribution in [1.82, 2.24) is 15.1 Å². The number of para-hydroxylation sites is 1. The first-order chi connectivity index (χ1) is 12.7. The van der Waals surface area contributed by atoms with Crippen LogP contribution in [-0.4, -0.2) is 55.5 Å². The molecule has 1 aromatic carbocycles. The Morgan fingerprint density at radius 1 is 1.30 bits per heavy atom. The lowest BCUT2D eigenvalue weighted by molar-refractivity contribution is 0.255. The highest BCUT2D eigenvalue weighted by molar-refractivity contribution is 14.0. The minimum Gasteiger partial charge on any atom is -0.459 e. The van der Waals surface area contributed by atoms with E-state index < -0.39 is 0 Å². The van der Waals surface area contributed by atoms with Gasteiger partial charge in [-0.05, 0) is 38.4 Å². The summed E-state index contributed by atoms with van der Waals surface area (Å²) in [5.41, 5.74) is 2.17. The van der Waals surface area contributed by atoms with Crippen LogP contribution in [0.25, 0.3) is 11.0 Å². The number of nitrogens with one attached hydrogen (secondary N) is 1. The second kappa shape index (κ2) is 10.3. The molecule has 1 aliphatic heterocycles. The van der Waals surface area contributed by atoms with Crippen LogP contribution in [0.5, 0.6) is 0 Å². The van der Waals surface area contributed by atoms with Gasteiger partial charge in [0.1, 0.15) is 11.3 Å². The number of furan rings is 1. The van der Waals surface area contributed by atoms with Gasteiger partial charge < -0.3 is 19.5 Å². The van der Waals surface area contributed by atoms with Crippen LogP contribution in [0.3, 0.4) is 0 Å². The molecule has 1 fully saturated rings. The summed E-state index contributed by atoms with van der Waals surface area (Å²) in [6.07, 6.45) is 1.24. The van der Waals surface area contributed by atoms with Crippen LogP contribution in [0.2, 0.25) is 0 Å². The highest BCUT2D eigenvalue weighted by atomic mass is 127. The van der Waals surface area contributed by atoms with Gasteiger partial charge in [0.2, 0.25) is 0 Å². The molecule has 0 bridgehead atoms. The molecule has 1 aromatic heterocycles. The molecule has 3 rings (SSSR count). The van der Waals surface area contributed by atoms with Gasteiger partial charge >= 0.3 is 0 Å². The largest absolute Gasteiger partial charge is 0.459 e. The molecule has 1 N–H and O–H groups in total. The number of hydrogen-bond donors (Lipinski definition) is 1. The molecule has 6 heteroatoms. The van der Waals surface area contributed by atoms with Crippen molar-refractivity contribution in [2.24, 2.45) is 10.9 Å². The fourth-order valence-electron chi connectivity index (χ4n) is 3.91. The normalized spacial score (nSPS) is 17.6. The summed E-state index contributed by atoms with van der Waals surface area (Å²) in [7, 11) is 1.87. The number of halogens is 1. The SMILES string of the molecule is CCN(CC)CC1CCN(C(=NC)NCc2oc3ccccc3c2C)C1.I. The van der Waals surface area contributed by atoms with E-state index in [1.165, 1.54) is 23.9 Å². The van der Waals surface area contributed by atoms with E-state index in [-0.39, 0.29) is 24.0 Å². The summed E-state index contributed by atoms with van der Waals surface area (Å²) in [4.78, 5) is 9.40. The first kappa shape index (κ1) is 22.0. The number of likely N-dealkylation sites (tertiary alicyclic amines) is 1. The van der Waals surface area contributed by atoms with Crippen LogP contribution in [0.4, 0.5) is 0 Å². The Hall–Kier alpha value is -1.28. The highest BCUT2D eigenvalue weighted by Crippen LogP contribution is 2.25. The molecular formula is C21H33IN4O. The second-order valence-electron chi connectivity index (χ2n) is 7.13. The topological polar surface area (TPSA) is 44.0 Å². The zero-order valence-electron chi connectivity index (χ0n) is 17.0. The first-order valence-corrected chi connectivity index (χ1v) is 9.81. The predicted molar refractivity (Wildman–Crippen MR) is 124 cm³/mol. The molecule has 1 aliphatic rings. The smallest absolute Gasteiger partial charge is 0.194 e. The lowest BCUT2D eigenvalue weighted by atomic mass is 10.1. The standard InChI is InChI=1S/C21H32N4O.HI/c1-5-24(6-2)14-17-11-12-25(15-17)21(22-4)23-13-20-16(3)18-9-7-8-10-19(18)26-20;/h7-10,17H,5-6,11-15H2,1-4H3,(H,22,23);1H. The molecule has 0 aliphatic carbocycles. The highest BCUT2D eigenvalue weighted by Gasteiger charge is 2.26. The lowest BCUT2D eigenvalue weighted by Gasteiger charge is -2.24. The maximum Gasteiger partial charge on any atom is 0.194 e.